The number of carbonyl (C=O) groups is 4. The second-order valence-corrected chi connectivity index (χ2v) is 13.8. The number of fused-ring (bicyclic) bond motifs is 3. The summed E-state index contributed by atoms with van der Waals surface area (Å²) in [4.78, 5) is 61.0. The van der Waals surface area contributed by atoms with Crippen LogP contribution in [0.4, 0.5) is 10.5 Å². The van der Waals surface area contributed by atoms with E-state index in [1.54, 1.807) is 36.5 Å². The van der Waals surface area contributed by atoms with Gasteiger partial charge in [0.05, 0.1) is 43.2 Å². The predicted molar refractivity (Wildman–Crippen MR) is 170 cm³/mol. The van der Waals surface area contributed by atoms with E-state index in [1.807, 2.05) is 0 Å². The van der Waals surface area contributed by atoms with Gasteiger partial charge in [0.15, 0.2) is 5.15 Å². The van der Waals surface area contributed by atoms with Crippen LogP contribution in [-0.4, -0.2) is 129 Å². The number of amides is 3. The fourth-order valence-electron chi connectivity index (χ4n) is 6.27. The minimum absolute atomic E-state index is 0.0388. The Morgan fingerprint density at radius 1 is 1.09 bits per heavy atom. The lowest BCUT2D eigenvalue weighted by atomic mass is 9.66. The molecule has 6 rings (SSSR count). The van der Waals surface area contributed by atoms with Gasteiger partial charge in [-0.25, -0.2) is 9.78 Å². The number of halogens is 1. The summed E-state index contributed by atoms with van der Waals surface area (Å²) in [6, 6.07) is 3.05. The molecule has 47 heavy (non-hydrogen) atoms. The van der Waals surface area contributed by atoms with Crippen LogP contribution in [0.2, 0.25) is 5.15 Å². The zero-order chi connectivity index (χ0) is 33.8. The Kier molecular flexibility index (Phi) is 10.4. The first-order valence-corrected chi connectivity index (χ1v) is 16.2. The van der Waals surface area contributed by atoms with E-state index in [0.29, 0.717) is 39.3 Å². The minimum Gasteiger partial charge on any atom is -0.469 e. The molecule has 0 aromatic carbocycles. The van der Waals surface area contributed by atoms with E-state index in [1.165, 1.54) is 30.3 Å². The highest BCUT2D eigenvalue weighted by molar-refractivity contribution is 6.32. The Bertz CT molecular complexity index is 1430. The molecular weight excluding hydrogens is 632 g/mol. The number of hydrogen-bond donors (Lipinski definition) is 1. The van der Waals surface area contributed by atoms with Gasteiger partial charge < -0.3 is 24.4 Å². The lowest BCUT2D eigenvalue weighted by Gasteiger charge is -2.53. The Morgan fingerprint density at radius 3 is 2.38 bits per heavy atom. The van der Waals surface area contributed by atoms with E-state index in [4.69, 9.17) is 25.8 Å². The van der Waals surface area contributed by atoms with Gasteiger partial charge in [0.25, 0.3) is 5.91 Å². The highest BCUT2D eigenvalue weighted by Gasteiger charge is 2.54. The molecule has 3 saturated heterocycles. The number of anilines is 1. The third-order valence-electron chi connectivity index (χ3n) is 8.96. The summed E-state index contributed by atoms with van der Waals surface area (Å²) < 4.78 is 18.3. The molecular formula is C31H43ClN8O7. The molecule has 1 aliphatic carbocycles. The average Bonchev–Trinajstić information content (AvgIpc) is 3.57. The zero-order valence-electron chi connectivity index (χ0n) is 27.4. The van der Waals surface area contributed by atoms with E-state index >= 15 is 0 Å². The van der Waals surface area contributed by atoms with Crippen molar-refractivity contribution in [3.05, 3.63) is 35.4 Å². The first-order valence-electron chi connectivity index (χ1n) is 15.8. The number of hydrogen-bond acceptors (Lipinski definition) is 11. The van der Waals surface area contributed by atoms with Gasteiger partial charge in [-0.15, -0.1) is 5.10 Å². The monoisotopic (exact) mass is 674 g/mol. The van der Waals surface area contributed by atoms with Gasteiger partial charge in [-0.2, -0.15) is 0 Å². The molecule has 15 nitrogen and oxygen atoms in total. The summed E-state index contributed by atoms with van der Waals surface area (Å²) in [6.45, 7) is 8.97. The van der Waals surface area contributed by atoms with Crippen molar-refractivity contribution >= 4 is 41.2 Å². The van der Waals surface area contributed by atoms with E-state index < -0.39 is 23.0 Å². The van der Waals surface area contributed by atoms with Crippen LogP contribution in [-0.2, 0) is 30.3 Å². The molecule has 4 fully saturated rings. The molecule has 2 aromatic heterocycles. The molecule has 5 heterocycles. The number of aromatic nitrogens is 4. The molecule has 3 aliphatic heterocycles. The van der Waals surface area contributed by atoms with Crippen LogP contribution in [0.3, 0.4) is 0 Å². The molecule has 0 radical (unpaired) electrons. The van der Waals surface area contributed by atoms with E-state index in [2.05, 4.69) is 25.5 Å². The van der Waals surface area contributed by atoms with Crippen molar-refractivity contribution in [2.75, 3.05) is 64.8 Å². The van der Waals surface area contributed by atoms with Crippen LogP contribution in [0.15, 0.2) is 24.5 Å². The summed E-state index contributed by atoms with van der Waals surface area (Å²) >= 11 is 6.41. The fraction of sp³-hybridized carbons (Fsp3) is 0.645. The van der Waals surface area contributed by atoms with E-state index in [0.717, 1.165) is 32.2 Å². The number of nitrogens with zero attached hydrogens (tertiary/aromatic N) is 7. The maximum absolute atomic E-state index is 13.3. The number of rotatable bonds is 10. The lowest BCUT2D eigenvalue weighted by Crippen LogP contribution is -2.60. The third kappa shape index (κ3) is 8.37. The van der Waals surface area contributed by atoms with Crippen molar-refractivity contribution in [3.8, 4) is 0 Å². The quantitative estimate of drug-likeness (QED) is 0.291. The van der Waals surface area contributed by atoms with Crippen LogP contribution in [0.1, 0.15) is 56.9 Å². The number of esters is 1. The predicted octanol–water partition coefficient (Wildman–Crippen LogP) is 2.46. The van der Waals surface area contributed by atoms with E-state index in [9.17, 15) is 19.2 Å². The van der Waals surface area contributed by atoms with Crippen LogP contribution in [0, 0.1) is 5.41 Å². The summed E-state index contributed by atoms with van der Waals surface area (Å²) in [7, 11) is 1.43. The van der Waals surface area contributed by atoms with Crippen molar-refractivity contribution < 1.29 is 33.4 Å². The first kappa shape index (κ1) is 34.5. The molecule has 3 amide bonds. The number of piperazine rings is 1. The van der Waals surface area contributed by atoms with Gasteiger partial charge in [0.1, 0.15) is 17.8 Å². The summed E-state index contributed by atoms with van der Waals surface area (Å²) in [6.07, 6.45) is 5.70. The molecule has 0 unspecified atom stereocenters. The maximum atomic E-state index is 13.3. The molecule has 2 bridgehead atoms. The van der Waals surface area contributed by atoms with Gasteiger partial charge in [-0.3, -0.25) is 28.9 Å². The van der Waals surface area contributed by atoms with Crippen molar-refractivity contribution in [1.29, 1.82) is 0 Å². The highest BCUT2D eigenvalue weighted by Crippen LogP contribution is 2.49. The number of methoxy groups -OCH3 is 1. The lowest BCUT2D eigenvalue weighted by molar-refractivity contribution is -0.208. The van der Waals surface area contributed by atoms with Crippen molar-refractivity contribution in [3.63, 3.8) is 0 Å². The van der Waals surface area contributed by atoms with Gasteiger partial charge in [-0.05, 0) is 58.6 Å². The molecule has 16 heteroatoms. The number of nitrogens with one attached hydrogen (secondary N) is 1. The van der Waals surface area contributed by atoms with Crippen LogP contribution < -0.4 is 5.32 Å². The second-order valence-electron chi connectivity index (χ2n) is 13.5. The number of ether oxygens (including phenoxy) is 3. The summed E-state index contributed by atoms with van der Waals surface area (Å²) in [5.74, 6) is -0.938. The summed E-state index contributed by atoms with van der Waals surface area (Å²) in [5, 5.41) is 10.3. The van der Waals surface area contributed by atoms with Gasteiger partial charge >= 0.3 is 12.1 Å². The van der Waals surface area contributed by atoms with Crippen molar-refractivity contribution in [2.24, 2.45) is 5.41 Å². The maximum Gasteiger partial charge on any atom is 0.410 e. The number of pyridine rings is 1. The molecule has 0 atom stereocenters. The van der Waals surface area contributed by atoms with Gasteiger partial charge in [-0.1, -0.05) is 16.8 Å². The zero-order valence-corrected chi connectivity index (χ0v) is 28.1. The fourth-order valence-corrected chi connectivity index (χ4v) is 6.47. The van der Waals surface area contributed by atoms with Crippen LogP contribution >= 0.6 is 11.6 Å². The van der Waals surface area contributed by atoms with E-state index in [-0.39, 0.29) is 47.1 Å². The van der Waals surface area contributed by atoms with Crippen LogP contribution in [0.25, 0.3) is 0 Å². The SMILES string of the molecule is COC(=O)C12CCC(CN3CCN(C(=O)c4ccc(NC(=O)CN(CCn5ccnn5)C(=O)OC(C)(C)C)c(Cl)n4)CC3)(CC1)OC2. The van der Waals surface area contributed by atoms with Crippen molar-refractivity contribution in [1.82, 2.24) is 34.7 Å². The Morgan fingerprint density at radius 2 is 1.81 bits per heavy atom. The number of carbonyl (C=O) groups excluding carboxylic acids is 4. The van der Waals surface area contributed by atoms with Gasteiger partial charge in [0, 0.05) is 45.5 Å². The molecule has 0 spiro atoms. The molecule has 4 aliphatic rings. The smallest absolute Gasteiger partial charge is 0.410 e. The third-order valence-corrected chi connectivity index (χ3v) is 9.25. The molecule has 1 N–H and O–H groups in total. The highest BCUT2D eigenvalue weighted by atomic mass is 35.5. The summed E-state index contributed by atoms with van der Waals surface area (Å²) in [5.41, 5.74) is -1.13. The topological polar surface area (TPSA) is 161 Å². The first-order chi connectivity index (χ1) is 22.3. The Labute approximate surface area is 278 Å². The second kappa shape index (κ2) is 14.1. The standard InChI is InChI=1S/C31H43ClN8O7/c1-29(2,3)47-28(44)39(17-18-40-12-11-33-36-40)19-24(41)34-22-5-6-23(35-25(22)32)26(42)38-15-13-37(14-16-38)20-31-9-7-30(8-10-31,21-46-31)27(43)45-4/h5-6,11-12H,7-10,13-21H2,1-4H3,(H,34,41). The minimum atomic E-state index is -0.749. The van der Waals surface area contributed by atoms with Gasteiger partial charge in [0.2, 0.25) is 5.91 Å². The molecule has 1 saturated carbocycles. The Balaban J connectivity index is 1.12. The van der Waals surface area contributed by atoms with Crippen LogP contribution in [0.5, 0.6) is 0 Å². The van der Waals surface area contributed by atoms with Crippen molar-refractivity contribution in [2.45, 2.75) is 64.2 Å². The average molecular weight is 675 g/mol. The normalized spacial score (nSPS) is 22.9. The molecule has 2 aromatic rings. The molecule has 256 valence electrons. The largest absolute Gasteiger partial charge is 0.469 e. The Hall–Kier alpha value is -3.82.